The first kappa shape index (κ1) is 15.2. The molecule has 0 aliphatic rings. The van der Waals surface area contributed by atoms with Crippen molar-refractivity contribution in [3.63, 3.8) is 0 Å². The molecule has 0 saturated heterocycles. The lowest BCUT2D eigenvalue weighted by molar-refractivity contribution is 0.340. The molecule has 0 fully saturated rings. The van der Waals surface area contributed by atoms with E-state index in [9.17, 15) is 5.11 Å². The van der Waals surface area contributed by atoms with Gasteiger partial charge in [0.25, 0.3) is 0 Å². The third kappa shape index (κ3) is 4.42. The Hall–Kier alpha value is -2.16. The Morgan fingerprint density at radius 2 is 1.86 bits per heavy atom. The Bertz CT molecular complexity index is 578. The molecule has 3 heteroatoms. The standard InChI is InChI=1S/C18H23NO2/c1-4-21-17-9-10-18(13(2)11-17)19-14(3)12-15-5-7-16(20)8-6-15/h5-11,14,19-20H,4,12H2,1-3H3. The molecule has 0 saturated carbocycles. The van der Waals surface area contributed by atoms with Crippen molar-refractivity contribution in [1.82, 2.24) is 0 Å². The molecule has 112 valence electrons. The molecule has 0 aromatic heterocycles. The number of rotatable bonds is 6. The summed E-state index contributed by atoms with van der Waals surface area (Å²) in [6.07, 6.45) is 0.910. The fraction of sp³-hybridized carbons (Fsp3) is 0.333. The van der Waals surface area contributed by atoms with E-state index in [-0.39, 0.29) is 0 Å². The first-order valence-corrected chi connectivity index (χ1v) is 7.36. The Labute approximate surface area is 126 Å². The molecule has 0 radical (unpaired) electrons. The average molecular weight is 285 g/mol. The van der Waals surface area contributed by atoms with Crippen LogP contribution in [0.4, 0.5) is 5.69 Å². The molecule has 0 amide bonds. The molecule has 0 aliphatic heterocycles. The van der Waals surface area contributed by atoms with E-state index in [1.165, 1.54) is 11.1 Å². The van der Waals surface area contributed by atoms with Crippen molar-refractivity contribution in [1.29, 1.82) is 0 Å². The number of nitrogens with one attached hydrogen (secondary N) is 1. The zero-order valence-electron chi connectivity index (χ0n) is 12.9. The van der Waals surface area contributed by atoms with Crippen LogP contribution in [-0.2, 0) is 6.42 Å². The summed E-state index contributed by atoms with van der Waals surface area (Å²) in [4.78, 5) is 0. The Morgan fingerprint density at radius 3 is 2.48 bits per heavy atom. The molecular formula is C18H23NO2. The van der Waals surface area contributed by atoms with Gasteiger partial charge in [-0.05, 0) is 68.7 Å². The number of anilines is 1. The van der Waals surface area contributed by atoms with E-state index in [1.807, 2.05) is 25.1 Å². The molecular weight excluding hydrogens is 262 g/mol. The minimum atomic E-state index is 0.307. The van der Waals surface area contributed by atoms with Crippen molar-refractivity contribution in [2.45, 2.75) is 33.2 Å². The monoisotopic (exact) mass is 285 g/mol. The molecule has 0 bridgehead atoms. The topological polar surface area (TPSA) is 41.5 Å². The van der Waals surface area contributed by atoms with Gasteiger partial charge in [-0.3, -0.25) is 0 Å². The Balaban J connectivity index is 1.98. The maximum atomic E-state index is 9.30. The van der Waals surface area contributed by atoms with Crippen LogP contribution in [0.3, 0.4) is 0 Å². The summed E-state index contributed by atoms with van der Waals surface area (Å²) in [7, 11) is 0. The van der Waals surface area contributed by atoms with Crippen LogP contribution in [0, 0.1) is 6.92 Å². The van der Waals surface area contributed by atoms with Crippen LogP contribution in [-0.4, -0.2) is 17.8 Å². The van der Waals surface area contributed by atoms with Gasteiger partial charge >= 0.3 is 0 Å². The van der Waals surface area contributed by atoms with Gasteiger partial charge < -0.3 is 15.2 Å². The summed E-state index contributed by atoms with van der Waals surface area (Å²) < 4.78 is 5.50. The number of phenols is 1. The van der Waals surface area contributed by atoms with E-state index < -0.39 is 0 Å². The fourth-order valence-corrected chi connectivity index (χ4v) is 2.36. The lowest BCUT2D eigenvalue weighted by Crippen LogP contribution is -2.18. The van der Waals surface area contributed by atoms with Crippen LogP contribution in [0.25, 0.3) is 0 Å². The van der Waals surface area contributed by atoms with Gasteiger partial charge in [0.1, 0.15) is 11.5 Å². The molecule has 1 unspecified atom stereocenters. The second-order valence-electron chi connectivity index (χ2n) is 5.33. The van der Waals surface area contributed by atoms with Gasteiger partial charge in [0, 0.05) is 11.7 Å². The molecule has 2 aromatic rings. The van der Waals surface area contributed by atoms with Gasteiger partial charge in [0.05, 0.1) is 6.61 Å². The molecule has 21 heavy (non-hydrogen) atoms. The van der Waals surface area contributed by atoms with Crippen molar-refractivity contribution in [3.05, 3.63) is 53.6 Å². The second-order valence-corrected chi connectivity index (χ2v) is 5.33. The quantitative estimate of drug-likeness (QED) is 0.838. The molecule has 3 nitrogen and oxygen atoms in total. The van der Waals surface area contributed by atoms with Crippen molar-refractivity contribution in [2.75, 3.05) is 11.9 Å². The SMILES string of the molecule is CCOc1ccc(NC(C)Cc2ccc(O)cc2)c(C)c1. The van der Waals surface area contributed by atoms with Gasteiger partial charge in [-0.15, -0.1) is 0 Å². The third-order valence-electron chi connectivity index (χ3n) is 3.39. The van der Waals surface area contributed by atoms with Crippen molar-refractivity contribution < 1.29 is 9.84 Å². The molecule has 2 rings (SSSR count). The highest BCUT2D eigenvalue weighted by atomic mass is 16.5. The predicted molar refractivity (Wildman–Crippen MR) is 87.2 cm³/mol. The zero-order valence-corrected chi connectivity index (χ0v) is 12.9. The third-order valence-corrected chi connectivity index (χ3v) is 3.39. The maximum absolute atomic E-state index is 9.30. The van der Waals surface area contributed by atoms with Crippen LogP contribution in [0.15, 0.2) is 42.5 Å². The summed E-state index contributed by atoms with van der Waals surface area (Å²) in [5, 5.41) is 12.8. The lowest BCUT2D eigenvalue weighted by atomic mass is 10.1. The number of aromatic hydroxyl groups is 1. The van der Waals surface area contributed by atoms with E-state index in [2.05, 4.69) is 31.3 Å². The van der Waals surface area contributed by atoms with Crippen molar-refractivity contribution >= 4 is 5.69 Å². The van der Waals surface area contributed by atoms with Gasteiger partial charge in [-0.1, -0.05) is 12.1 Å². The minimum Gasteiger partial charge on any atom is -0.508 e. The Kier molecular flexibility index (Phi) is 5.09. The first-order chi connectivity index (χ1) is 10.1. The van der Waals surface area contributed by atoms with E-state index in [0.717, 1.165) is 17.9 Å². The number of aryl methyl sites for hydroxylation is 1. The molecule has 0 heterocycles. The van der Waals surface area contributed by atoms with Gasteiger partial charge in [0.15, 0.2) is 0 Å². The summed E-state index contributed by atoms with van der Waals surface area (Å²) in [6.45, 7) is 6.91. The highest BCUT2D eigenvalue weighted by Gasteiger charge is 2.06. The zero-order chi connectivity index (χ0) is 15.2. The highest BCUT2D eigenvalue weighted by Crippen LogP contribution is 2.22. The molecule has 2 aromatic carbocycles. The minimum absolute atomic E-state index is 0.307. The van der Waals surface area contributed by atoms with Crippen LogP contribution in [0.1, 0.15) is 25.0 Å². The van der Waals surface area contributed by atoms with E-state index >= 15 is 0 Å². The van der Waals surface area contributed by atoms with Gasteiger partial charge in [0.2, 0.25) is 0 Å². The maximum Gasteiger partial charge on any atom is 0.119 e. The second kappa shape index (κ2) is 7.02. The van der Waals surface area contributed by atoms with Crippen LogP contribution < -0.4 is 10.1 Å². The van der Waals surface area contributed by atoms with E-state index in [4.69, 9.17) is 4.74 Å². The molecule has 2 N–H and O–H groups in total. The van der Waals surface area contributed by atoms with Crippen molar-refractivity contribution in [3.8, 4) is 11.5 Å². The normalized spacial score (nSPS) is 12.0. The smallest absolute Gasteiger partial charge is 0.119 e. The van der Waals surface area contributed by atoms with Crippen LogP contribution in [0.2, 0.25) is 0 Å². The van der Waals surface area contributed by atoms with Gasteiger partial charge in [-0.2, -0.15) is 0 Å². The number of hydrogen-bond acceptors (Lipinski definition) is 3. The Morgan fingerprint density at radius 1 is 1.14 bits per heavy atom. The summed E-state index contributed by atoms with van der Waals surface area (Å²) in [6, 6.07) is 13.8. The largest absolute Gasteiger partial charge is 0.508 e. The molecule has 0 aliphatic carbocycles. The predicted octanol–water partition coefficient (Wildman–Crippen LogP) is 4.14. The lowest BCUT2D eigenvalue weighted by Gasteiger charge is -2.18. The number of hydrogen-bond donors (Lipinski definition) is 2. The number of phenolic OH excluding ortho intramolecular Hbond substituents is 1. The van der Waals surface area contributed by atoms with Gasteiger partial charge in [-0.25, -0.2) is 0 Å². The van der Waals surface area contributed by atoms with Crippen LogP contribution in [0.5, 0.6) is 11.5 Å². The summed E-state index contributed by atoms with van der Waals surface area (Å²) in [5.74, 6) is 1.22. The summed E-state index contributed by atoms with van der Waals surface area (Å²) >= 11 is 0. The number of ether oxygens (including phenoxy) is 1. The van der Waals surface area contributed by atoms with Crippen molar-refractivity contribution in [2.24, 2.45) is 0 Å². The number of benzene rings is 2. The molecule has 0 spiro atoms. The van der Waals surface area contributed by atoms with E-state index in [1.54, 1.807) is 12.1 Å². The molecule has 1 atom stereocenters. The first-order valence-electron chi connectivity index (χ1n) is 7.36. The van der Waals surface area contributed by atoms with E-state index in [0.29, 0.717) is 18.4 Å². The van der Waals surface area contributed by atoms with Crippen LogP contribution >= 0.6 is 0 Å². The average Bonchev–Trinajstić information content (AvgIpc) is 2.45. The highest BCUT2D eigenvalue weighted by molar-refractivity contribution is 5.54. The fourth-order valence-electron chi connectivity index (χ4n) is 2.36. The summed E-state index contributed by atoms with van der Waals surface area (Å²) in [5.41, 5.74) is 3.51.